The van der Waals surface area contributed by atoms with Gasteiger partial charge in [-0.3, -0.25) is 0 Å². The van der Waals surface area contributed by atoms with E-state index in [4.69, 9.17) is 0 Å². The van der Waals surface area contributed by atoms with Gasteiger partial charge in [-0.1, -0.05) is 18.2 Å². The molecule has 0 atom stereocenters. The number of hydrogen-bond donors (Lipinski definition) is 1. The molecule has 2 aromatic rings. The molecule has 0 saturated carbocycles. The second-order valence-corrected chi connectivity index (χ2v) is 5.51. The van der Waals surface area contributed by atoms with E-state index in [1.54, 1.807) is 6.07 Å². The van der Waals surface area contributed by atoms with Gasteiger partial charge >= 0.3 is 6.18 Å². The van der Waals surface area contributed by atoms with Crippen LogP contribution in [0.4, 0.5) is 24.5 Å². The Morgan fingerprint density at radius 3 is 2.59 bits per heavy atom. The molecule has 2 nitrogen and oxygen atoms in total. The number of hydrogen-bond acceptors (Lipinski definition) is 2. The van der Waals surface area contributed by atoms with Crippen molar-refractivity contribution in [2.75, 3.05) is 30.4 Å². The molecule has 1 heterocycles. The Balaban J connectivity index is 2.01. The highest BCUT2D eigenvalue weighted by molar-refractivity contribution is 5.78. The van der Waals surface area contributed by atoms with Crippen molar-refractivity contribution in [3.05, 3.63) is 48.0 Å². The molecular weight excluding hydrogens is 289 g/mol. The first-order chi connectivity index (χ1) is 10.4. The van der Waals surface area contributed by atoms with Crippen LogP contribution in [0.1, 0.15) is 12.0 Å². The summed E-state index contributed by atoms with van der Waals surface area (Å²) < 4.78 is 38.5. The molecule has 1 N–H and O–H groups in total. The van der Waals surface area contributed by atoms with Crippen LogP contribution < -0.4 is 10.2 Å². The summed E-state index contributed by atoms with van der Waals surface area (Å²) >= 11 is 0. The van der Waals surface area contributed by atoms with Gasteiger partial charge in [-0.2, -0.15) is 13.2 Å². The Hall–Kier alpha value is -2.17. The van der Waals surface area contributed by atoms with Crippen LogP contribution in [0.25, 0.3) is 11.1 Å². The normalized spacial score (nSPS) is 15.0. The van der Waals surface area contributed by atoms with Gasteiger partial charge in [-0.15, -0.1) is 0 Å². The van der Waals surface area contributed by atoms with Gasteiger partial charge in [-0.05, 0) is 41.8 Å². The van der Waals surface area contributed by atoms with Crippen molar-refractivity contribution in [2.24, 2.45) is 0 Å². The molecule has 0 radical (unpaired) electrons. The van der Waals surface area contributed by atoms with E-state index in [1.165, 1.54) is 12.1 Å². The molecule has 0 amide bonds. The molecule has 0 aromatic heterocycles. The summed E-state index contributed by atoms with van der Waals surface area (Å²) in [6.45, 7) is 1.83. The molecule has 0 bridgehead atoms. The molecule has 2 aromatic carbocycles. The molecule has 1 aliphatic rings. The van der Waals surface area contributed by atoms with E-state index in [1.807, 2.05) is 25.2 Å². The fourth-order valence-corrected chi connectivity index (χ4v) is 2.72. The molecule has 0 fully saturated rings. The highest BCUT2D eigenvalue weighted by atomic mass is 19.4. The lowest BCUT2D eigenvalue weighted by molar-refractivity contribution is -0.137. The van der Waals surface area contributed by atoms with Gasteiger partial charge in [0.25, 0.3) is 0 Å². The van der Waals surface area contributed by atoms with Crippen molar-refractivity contribution >= 4 is 11.4 Å². The number of rotatable bonds is 1. The highest BCUT2D eigenvalue weighted by Gasteiger charge is 2.30. The number of anilines is 2. The lowest BCUT2D eigenvalue weighted by Gasteiger charge is -2.19. The average molecular weight is 306 g/mol. The van der Waals surface area contributed by atoms with E-state index in [0.717, 1.165) is 42.5 Å². The van der Waals surface area contributed by atoms with Crippen LogP contribution in [0.2, 0.25) is 0 Å². The molecule has 0 unspecified atom stereocenters. The zero-order chi connectivity index (χ0) is 15.7. The van der Waals surface area contributed by atoms with E-state index < -0.39 is 11.7 Å². The molecule has 116 valence electrons. The van der Waals surface area contributed by atoms with Gasteiger partial charge in [0.1, 0.15) is 0 Å². The maximum Gasteiger partial charge on any atom is 0.416 e. The Morgan fingerprint density at radius 1 is 1.05 bits per heavy atom. The summed E-state index contributed by atoms with van der Waals surface area (Å²) in [4.78, 5) is 2.16. The number of fused-ring (bicyclic) bond motifs is 1. The van der Waals surface area contributed by atoms with Crippen molar-refractivity contribution in [1.29, 1.82) is 0 Å². The Labute approximate surface area is 127 Å². The minimum Gasteiger partial charge on any atom is -0.383 e. The van der Waals surface area contributed by atoms with E-state index >= 15 is 0 Å². The summed E-state index contributed by atoms with van der Waals surface area (Å²) in [5, 5.41) is 3.35. The first-order valence-corrected chi connectivity index (χ1v) is 7.22. The summed E-state index contributed by atoms with van der Waals surface area (Å²) in [7, 11) is 2.02. The van der Waals surface area contributed by atoms with Crippen LogP contribution in [0.15, 0.2) is 42.5 Å². The minimum atomic E-state index is -4.32. The maximum atomic E-state index is 12.8. The molecular formula is C17H17F3N2. The minimum absolute atomic E-state index is 0.575. The summed E-state index contributed by atoms with van der Waals surface area (Å²) in [6.07, 6.45) is -3.29. The van der Waals surface area contributed by atoms with E-state index in [9.17, 15) is 13.2 Å². The predicted molar refractivity (Wildman–Crippen MR) is 83.3 cm³/mol. The monoisotopic (exact) mass is 306 g/mol. The smallest absolute Gasteiger partial charge is 0.383 e. The van der Waals surface area contributed by atoms with E-state index in [-0.39, 0.29) is 0 Å². The van der Waals surface area contributed by atoms with Gasteiger partial charge in [0, 0.05) is 20.1 Å². The standard InChI is InChI=1S/C17H17F3N2/c1-22-9-3-8-21-15-11-13(6-7-16(15)22)12-4-2-5-14(10-12)17(18,19)20/h2,4-7,10-11,21H,3,8-9H2,1H3. The number of nitrogens with zero attached hydrogens (tertiary/aromatic N) is 1. The molecule has 0 spiro atoms. The Bertz CT molecular complexity index is 680. The van der Waals surface area contributed by atoms with Gasteiger partial charge in [0.05, 0.1) is 16.9 Å². The fourth-order valence-electron chi connectivity index (χ4n) is 2.72. The third-order valence-corrected chi connectivity index (χ3v) is 3.92. The fraction of sp³-hybridized carbons (Fsp3) is 0.294. The Kier molecular flexibility index (Phi) is 3.72. The van der Waals surface area contributed by atoms with Crippen molar-refractivity contribution < 1.29 is 13.2 Å². The molecule has 22 heavy (non-hydrogen) atoms. The van der Waals surface area contributed by atoms with Crippen LogP contribution in [0.3, 0.4) is 0 Å². The third-order valence-electron chi connectivity index (χ3n) is 3.92. The lowest BCUT2D eigenvalue weighted by Crippen LogP contribution is -2.17. The second-order valence-electron chi connectivity index (χ2n) is 5.51. The topological polar surface area (TPSA) is 15.3 Å². The van der Waals surface area contributed by atoms with E-state index in [0.29, 0.717) is 5.56 Å². The summed E-state index contributed by atoms with van der Waals surface area (Å²) in [6, 6.07) is 11.2. The van der Waals surface area contributed by atoms with Crippen LogP contribution >= 0.6 is 0 Å². The second kappa shape index (κ2) is 5.55. The molecule has 5 heteroatoms. The zero-order valence-corrected chi connectivity index (χ0v) is 12.2. The van der Waals surface area contributed by atoms with Crippen molar-refractivity contribution in [3.63, 3.8) is 0 Å². The van der Waals surface area contributed by atoms with Crippen molar-refractivity contribution in [2.45, 2.75) is 12.6 Å². The van der Waals surface area contributed by atoms with Crippen molar-refractivity contribution in [1.82, 2.24) is 0 Å². The third kappa shape index (κ3) is 2.89. The average Bonchev–Trinajstić information content (AvgIpc) is 2.68. The van der Waals surface area contributed by atoms with E-state index in [2.05, 4.69) is 10.2 Å². The molecule has 1 aliphatic heterocycles. The number of benzene rings is 2. The first kappa shape index (κ1) is 14.8. The number of halogens is 3. The largest absolute Gasteiger partial charge is 0.416 e. The quantitative estimate of drug-likeness (QED) is 0.826. The SMILES string of the molecule is CN1CCCNc2cc(-c3cccc(C(F)(F)F)c3)ccc21. The number of nitrogens with one attached hydrogen (secondary N) is 1. The zero-order valence-electron chi connectivity index (χ0n) is 12.2. The van der Waals surface area contributed by atoms with Crippen LogP contribution in [0, 0.1) is 0 Å². The van der Waals surface area contributed by atoms with Gasteiger partial charge in [0.15, 0.2) is 0 Å². The Morgan fingerprint density at radius 2 is 1.82 bits per heavy atom. The number of alkyl halides is 3. The molecule has 3 rings (SSSR count). The molecule has 0 saturated heterocycles. The van der Waals surface area contributed by atoms with Crippen molar-refractivity contribution in [3.8, 4) is 11.1 Å². The van der Waals surface area contributed by atoms with Crippen LogP contribution in [-0.4, -0.2) is 20.1 Å². The highest BCUT2D eigenvalue weighted by Crippen LogP contribution is 2.35. The lowest BCUT2D eigenvalue weighted by atomic mass is 10.0. The molecule has 0 aliphatic carbocycles. The summed E-state index contributed by atoms with van der Waals surface area (Å²) in [5.41, 5.74) is 2.78. The van der Waals surface area contributed by atoms with Gasteiger partial charge in [-0.25, -0.2) is 0 Å². The maximum absolute atomic E-state index is 12.8. The first-order valence-electron chi connectivity index (χ1n) is 7.22. The van der Waals surface area contributed by atoms with Crippen LogP contribution in [-0.2, 0) is 6.18 Å². The van der Waals surface area contributed by atoms with Gasteiger partial charge in [0.2, 0.25) is 0 Å². The van der Waals surface area contributed by atoms with Crippen LogP contribution in [0.5, 0.6) is 0 Å². The summed E-state index contributed by atoms with van der Waals surface area (Å²) in [5.74, 6) is 0. The van der Waals surface area contributed by atoms with Gasteiger partial charge < -0.3 is 10.2 Å². The predicted octanol–water partition coefficient (Wildman–Crippen LogP) is 4.62.